The van der Waals surface area contributed by atoms with E-state index < -0.39 is 0 Å². The Morgan fingerprint density at radius 3 is 2.17 bits per heavy atom. The second kappa shape index (κ2) is 15.9. The molecule has 0 aromatic rings. The van der Waals surface area contributed by atoms with Crippen molar-refractivity contribution in [3.05, 3.63) is 12.2 Å². The molecule has 0 aromatic carbocycles. The van der Waals surface area contributed by atoms with Gasteiger partial charge in [-0.05, 0) is 57.6 Å². The normalized spacial score (nSPS) is 11.8. The van der Waals surface area contributed by atoms with Crippen molar-refractivity contribution in [1.82, 2.24) is 0 Å². The molecule has 0 bridgehead atoms. The van der Waals surface area contributed by atoms with Gasteiger partial charge >= 0.3 is 11.9 Å². The zero-order chi connectivity index (χ0) is 18.2. The van der Waals surface area contributed by atoms with Crippen LogP contribution in [0.25, 0.3) is 0 Å². The van der Waals surface area contributed by atoms with Crippen LogP contribution in [0.5, 0.6) is 0 Å². The monoisotopic (exact) mass is 376 g/mol. The predicted octanol–water partition coefficient (Wildman–Crippen LogP) is 4.39. The van der Waals surface area contributed by atoms with Gasteiger partial charge in [-0.1, -0.05) is 13.0 Å². The summed E-state index contributed by atoms with van der Waals surface area (Å²) < 4.78 is 10.2. The van der Waals surface area contributed by atoms with E-state index in [1.54, 1.807) is 6.92 Å². The Morgan fingerprint density at radius 2 is 1.58 bits per heavy atom. The van der Waals surface area contributed by atoms with Crippen molar-refractivity contribution >= 4 is 37.2 Å². The van der Waals surface area contributed by atoms with Crippen LogP contribution in [0.3, 0.4) is 0 Å². The summed E-state index contributed by atoms with van der Waals surface area (Å²) in [6.45, 7) is 6.05. The van der Waals surface area contributed by atoms with Gasteiger partial charge in [-0.2, -0.15) is 25.3 Å². The molecule has 0 saturated carbocycles. The molecule has 0 radical (unpaired) electrons. The van der Waals surface area contributed by atoms with Crippen molar-refractivity contribution in [2.24, 2.45) is 0 Å². The molecule has 0 N–H and O–H groups in total. The molecule has 0 saturated heterocycles. The number of unbranched alkanes of at least 4 members (excludes halogenated alkanes) is 4. The first-order valence-corrected chi connectivity index (χ1v) is 9.89. The molecule has 0 rings (SSSR count). The molecular weight excluding hydrogens is 344 g/mol. The van der Waals surface area contributed by atoms with Crippen LogP contribution in [0.2, 0.25) is 0 Å². The van der Waals surface area contributed by atoms with Crippen LogP contribution >= 0.6 is 25.3 Å². The van der Waals surface area contributed by atoms with Crippen LogP contribution in [0.4, 0.5) is 0 Å². The number of rotatable bonds is 15. The minimum absolute atomic E-state index is 0.115. The molecule has 140 valence electrons. The Hall–Kier alpha value is -0.620. The van der Waals surface area contributed by atoms with Crippen LogP contribution in [-0.4, -0.2) is 36.2 Å². The van der Waals surface area contributed by atoms with E-state index in [0.29, 0.717) is 30.5 Å². The lowest BCUT2D eigenvalue weighted by Crippen LogP contribution is -2.07. The molecule has 0 aromatic heterocycles. The number of ether oxygens (including phenoxy) is 2. The second-order valence-electron chi connectivity index (χ2n) is 5.96. The fraction of sp³-hybridized carbons (Fsp3) is 0.778. The summed E-state index contributed by atoms with van der Waals surface area (Å²) in [5, 5.41) is 0.383. The lowest BCUT2D eigenvalue weighted by molar-refractivity contribution is -0.144. The molecule has 0 aliphatic rings. The van der Waals surface area contributed by atoms with Gasteiger partial charge in [-0.25, -0.2) is 4.79 Å². The minimum Gasteiger partial charge on any atom is -0.466 e. The standard InChI is InChI=1S/C18H32O4S2/c1-15(2)18(20)22-13-8-4-3-7-12-21-17(19)10-6-5-9-16(24)11-14-23/h16,23-24H,1,3-14H2,2H3. The third-order valence-electron chi connectivity index (χ3n) is 3.51. The number of hydrogen-bond acceptors (Lipinski definition) is 6. The molecule has 6 heteroatoms. The van der Waals surface area contributed by atoms with E-state index in [4.69, 9.17) is 9.47 Å². The average molecular weight is 377 g/mol. The van der Waals surface area contributed by atoms with Crippen molar-refractivity contribution in [2.75, 3.05) is 19.0 Å². The highest BCUT2D eigenvalue weighted by Gasteiger charge is 2.05. The van der Waals surface area contributed by atoms with Gasteiger partial charge in [0.15, 0.2) is 0 Å². The van der Waals surface area contributed by atoms with E-state index in [-0.39, 0.29) is 11.9 Å². The topological polar surface area (TPSA) is 52.6 Å². The molecule has 4 nitrogen and oxygen atoms in total. The molecule has 24 heavy (non-hydrogen) atoms. The van der Waals surface area contributed by atoms with Gasteiger partial charge in [0.25, 0.3) is 0 Å². The molecule has 1 unspecified atom stereocenters. The Labute approximate surface area is 157 Å². The molecule has 0 fully saturated rings. The molecule has 0 heterocycles. The zero-order valence-electron chi connectivity index (χ0n) is 14.8. The van der Waals surface area contributed by atoms with E-state index in [2.05, 4.69) is 31.8 Å². The summed E-state index contributed by atoms with van der Waals surface area (Å²) in [6, 6.07) is 0. The van der Waals surface area contributed by atoms with Gasteiger partial charge in [-0.15, -0.1) is 0 Å². The fourth-order valence-corrected chi connectivity index (χ4v) is 2.87. The van der Waals surface area contributed by atoms with E-state index in [9.17, 15) is 9.59 Å². The highest BCUT2D eigenvalue weighted by Crippen LogP contribution is 2.13. The van der Waals surface area contributed by atoms with Crippen molar-refractivity contribution < 1.29 is 19.1 Å². The first-order chi connectivity index (χ1) is 11.5. The largest absolute Gasteiger partial charge is 0.466 e. The van der Waals surface area contributed by atoms with Crippen molar-refractivity contribution in [3.63, 3.8) is 0 Å². The van der Waals surface area contributed by atoms with Crippen molar-refractivity contribution in [3.8, 4) is 0 Å². The first-order valence-electron chi connectivity index (χ1n) is 8.74. The van der Waals surface area contributed by atoms with E-state index in [1.165, 1.54) is 0 Å². The Bertz CT molecular complexity index is 372. The molecule has 0 aliphatic heterocycles. The Morgan fingerprint density at radius 1 is 0.958 bits per heavy atom. The van der Waals surface area contributed by atoms with Gasteiger partial charge in [0.1, 0.15) is 0 Å². The quantitative estimate of drug-likeness (QED) is 0.193. The van der Waals surface area contributed by atoms with Gasteiger partial charge in [-0.3, -0.25) is 4.79 Å². The lowest BCUT2D eigenvalue weighted by Gasteiger charge is -2.08. The highest BCUT2D eigenvalue weighted by atomic mass is 32.1. The average Bonchev–Trinajstić information content (AvgIpc) is 2.54. The van der Waals surface area contributed by atoms with Crippen molar-refractivity contribution in [2.45, 2.75) is 70.0 Å². The van der Waals surface area contributed by atoms with Gasteiger partial charge in [0.05, 0.1) is 13.2 Å². The molecular formula is C18H32O4S2. The fourth-order valence-electron chi connectivity index (χ4n) is 2.05. The summed E-state index contributed by atoms with van der Waals surface area (Å²) in [7, 11) is 0. The summed E-state index contributed by atoms with van der Waals surface area (Å²) in [4.78, 5) is 22.7. The third-order valence-corrected chi connectivity index (χ3v) is 4.29. The van der Waals surface area contributed by atoms with Crippen molar-refractivity contribution in [1.29, 1.82) is 0 Å². The van der Waals surface area contributed by atoms with E-state index in [1.807, 2.05) is 0 Å². The maximum Gasteiger partial charge on any atom is 0.333 e. The SMILES string of the molecule is C=C(C)C(=O)OCCCCCCOC(=O)CCCCC(S)CCS. The maximum atomic E-state index is 11.6. The van der Waals surface area contributed by atoms with E-state index in [0.717, 1.165) is 57.1 Å². The molecule has 1 atom stereocenters. The summed E-state index contributed by atoms with van der Waals surface area (Å²) >= 11 is 8.64. The summed E-state index contributed by atoms with van der Waals surface area (Å²) in [5.41, 5.74) is 0.425. The van der Waals surface area contributed by atoms with Gasteiger partial charge in [0, 0.05) is 17.2 Å². The number of carbonyl (C=O) groups excluding carboxylic acids is 2. The van der Waals surface area contributed by atoms with Crippen LogP contribution in [0, 0.1) is 0 Å². The molecule has 0 amide bonds. The summed E-state index contributed by atoms with van der Waals surface area (Å²) in [6.07, 6.45) is 7.95. The van der Waals surface area contributed by atoms with Crippen LogP contribution in [0.15, 0.2) is 12.2 Å². The number of carbonyl (C=O) groups is 2. The van der Waals surface area contributed by atoms with Gasteiger partial charge < -0.3 is 9.47 Å². The third kappa shape index (κ3) is 14.9. The summed E-state index contributed by atoms with van der Waals surface area (Å²) in [5.74, 6) is 0.404. The number of esters is 2. The number of thiol groups is 2. The predicted molar refractivity (Wildman–Crippen MR) is 105 cm³/mol. The zero-order valence-corrected chi connectivity index (χ0v) is 16.6. The van der Waals surface area contributed by atoms with E-state index >= 15 is 0 Å². The lowest BCUT2D eigenvalue weighted by atomic mass is 10.1. The molecule has 0 aliphatic carbocycles. The Kier molecular flexibility index (Phi) is 15.5. The maximum absolute atomic E-state index is 11.6. The highest BCUT2D eigenvalue weighted by molar-refractivity contribution is 7.81. The van der Waals surface area contributed by atoms with Crippen LogP contribution in [0.1, 0.15) is 64.7 Å². The second-order valence-corrected chi connectivity index (χ2v) is 7.14. The Balaban J connectivity index is 3.34. The van der Waals surface area contributed by atoms with Crippen LogP contribution in [-0.2, 0) is 19.1 Å². The molecule has 0 spiro atoms. The minimum atomic E-state index is -0.334. The smallest absolute Gasteiger partial charge is 0.333 e. The van der Waals surface area contributed by atoms with Crippen LogP contribution < -0.4 is 0 Å². The first kappa shape index (κ1) is 23.4. The number of hydrogen-bond donors (Lipinski definition) is 2. The van der Waals surface area contributed by atoms with Gasteiger partial charge in [0.2, 0.25) is 0 Å².